The van der Waals surface area contributed by atoms with Gasteiger partial charge in [0.1, 0.15) is 0 Å². The number of hydrogen-bond donors (Lipinski definition) is 2. The van der Waals surface area contributed by atoms with Gasteiger partial charge in [-0.05, 0) is 12.5 Å². The van der Waals surface area contributed by atoms with Gasteiger partial charge in [-0.15, -0.1) is 0 Å². The number of fused-ring (bicyclic) bond motifs is 1. The number of aliphatic hydroxyl groups excluding tert-OH is 1. The zero-order valence-corrected chi connectivity index (χ0v) is 9.58. The summed E-state index contributed by atoms with van der Waals surface area (Å²) < 4.78 is 0. The van der Waals surface area contributed by atoms with Gasteiger partial charge in [-0.3, -0.25) is 4.79 Å². The van der Waals surface area contributed by atoms with Crippen LogP contribution in [0.5, 0.6) is 0 Å². The molecule has 2 aromatic rings. The fourth-order valence-corrected chi connectivity index (χ4v) is 2.20. The van der Waals surface area contributed by atoms with Crippen molar-refractivity contribution >= 4 is 11.6 Å². The number of nitrogens with zero attached hydrogens (tertiary/aromatic N) is 3. The molecule has 6 nitrogen and oxygen atoms in total. The number of para-hydroxylation sites is 1. The van der Waals surface area contributed by atoms with E-state index in [1.54, 1.807) is 4.90 Å². The molecule has 1 atom stereocenters. The molecule has 0 saturated carbocycles. The standard InChI is InChI=1S/C12H12N4O2/c17-11-5-6-16(10-4-2-1-3-8(10)11)12(18)9-7-13-15-14-9/h1-4,7,11,17H,5-6H2,(H,13,14,15). The van der Waals surface area contributed by atoms with Gasteiger partial charge in [0, 0.05) is 17.8 Å². The summed E-state index contributed by atoms with van der Waals surface area (Å²) in [5.74, 6) is -0.205. The normalized spacial score (nSPS) is 18.5. The third-order valence-corrected chi connectivity index (χ3v) is 3.09. The Hall–Kier alpha value is -2.21. The number of nitrogens with one attached hydrogen (secondary N) is 1. The lowest BCUT2D eigenvalue weighted by Gasteiger charge is -2.31. The summed E-state index contributed by atoms with van der Waals surface area (Å²) in [4.78, 5) is 13.9. The predicted octanol–water partition coefficient (Wildman–Crippen LogP) is 0.889. The minimum absolute atomic E-state index is 0.205. The number of amides is 1. The molecule has 0 aliphatic carbocycles. The molecule has 2 N–H and O–H groups in total. The van der Waals surface area contributed by atoms with Gasteiger partial charge in [0.25, 0.3) is 5.91 Å². The molecule has 0 bridgehead atoms. The molecule has 18 heavy (non-hydrogen) atoms. The maximum atomic E-state index is 12.3. The Morgan fingerprint density at radius 3 is 3.06 bits per heavy atom. The van der Waals surface area contributed by atoms with E-state index >= 15 is 0 Å². The van der Waals surface area contributed by atoms with Crippen LogP contribution in [0.4, 0.5) is 5.69 Å². The smallest absolute Gasteiger partial charge is 0.280 e. The Morgan fingerprint density at radius 1 is 1.44 bits per heavy atom. The maximum Gasteiger partial charge on any atom is 0.280 e. The lowest BCUT2D eigenvalue weighted by atomic mass is 9.98. The van der Waals surface area contributed by atoms with E-state index in [1.165, 1.54) is 6.20 Å². The van der Waals surface area contributed by atoms with Crippen molar-refractivity contribution in [2.45, 2.75) is 12.5 Å². The molecule has 3 rings (SSSR count). The highest BCUT2D eigenvalue weighted by atomic mass is 16.3. The Labute approximate surface area is 103 Å². The minimum atomic E-state index is -0.512. The average Bonchev–Trinajstić information content (AvgIpc) is 2.93. The average molecular weight is 244 g/mol. The quantitative estimate of drug-likeness (QED) is 0.780. The third-order valence-electron chi connectivity index (χ3n) is 3.09. The fourth-order valence-electron chi connectivity index (χ4n) is 2.20. The maximum absolute atomic E-state index is 12.3. The van der Waals surface area contributed by atoms with Crippen molar-refractivity contribution in [3.8, 4) is 0 Å². The minimum Gasteiger partial charge on any atom is -0.388 e. The predicted molar refractivity (Wildman–Crippen MR) is 64.1 cm³/mol. The number of H-pyrrole nitrogens is 1. The lowest BCUT2D eigenvalue weighted by molar-refractivity contribution is 0.0966. The second-order valence-electron chi connectivity index (χ2n) is 4.18. The number of carbonyl (C=O) groups is 1. The van der Waals surface area contributed by atoms with E-state index in [0.29, 0.717) is 13.0 Å². The van der Waals surface area contributed by atoms with Crippen molar-refractivity contribution < 1.29 is 9.90 Å². The highest BCUT2D eigenvalue weighted by Gasteiger charge is 2.28. The fraction of sp³-hybridized carbons (Fsp3) is 0.250. The number of benzene rings is 1. The van der Waals surface area contributed by atoms with Gasteiger partial charge < -0.3 is 10.0 Å². The molecule has 6 heteroatoms. The molecule has 0 spiro atoms. The molecule has 1 aromatic heterocycles. The van der Waals surface area contributed by atoms with Crippen molar-refractivity contribution in [2.24, 2.45) is 0 Å². The monoisotopic (exact) mass is 244 g/mol. The van der Waals surface area contributed by atoms with Crippen LogP contribution in [0, 0.1) is 0 Å². The van der Waals surface area contributed by atoms with Crippen LogP contribution in [0.2, 0.25) is 0 Å². The van der Waals surface area contributed by atoms with Gasteiger partial charge in [0.05, 0.1) is 12.3 Å². The van der Waals surface area contributed by atoms with Crippen LogP contribution in [-0.2, 0) is 0 Å². The molecule has 0 saturated heterocycles. The first-order valence-corrected chi connectivity index (χ1v) is 5.72. The number of aromatic nitrogens is 3. The summed E-state index contributed by atoms with van der Waals surface area (Å²) >= 11 is 0. The second-order valence-corrected chi connectivity index (χ2v) is 4.18. The van der Waals surface area contributed by atoms with Crippen molar-refractivity contribution in [3.63, 3.8) is 0 Å². The molecule has 2 heterocycles. The van der Waals surface area contributed by atoms with E-state index in [1.807, 2.05) is 24.3 Å². The highest BCUT2D eigenvalue weighted by molar-refractivity contribution is 6.05. The zero-order valence-electron chi connectivity index (χ0n) is 9.58. The molecule has 1 aliphatic rings. The van der Waals surface area contributed by atoms with E-state index < -0.39 is 6.10 Å². The van der Waals surface area contributed by atoms with Crippen LogP contribution in [0.25, 0.3) is 0 Å². The highest BCUT2D eigenvalue weighted by Crippen LogP contribution is 2.33. The molecular weight excluding hydrogens is 232 g/mol. The zero-order chi connectivity index (χ0) is 12.5. The summed E-state index contributed by atoms with van der Waals surface area (Å²) in [5.41, 5.74) is 1.80. The van der Waals surface area contributed by atoms with Crippen LogP contribution in [0.15, 0.2) is 30.5 Å². The molecule has 92 valence electrons. The molecule has 1 aromatic carbocycles. The summed E-state index contributed by atoms with van der Waals surface area (Å²) in [7, 11) is 0. The number of aromatic amines is 1. The molecule has 1 unspecified atom stereocenters. The molecule has 1 amide bonds. The number of rotatable bonds is 1. The molecular formula is C12H12N4O2. The summed E-state index contributed by atoms with van der Waals surface area (Å²) in [6, 6.07) is 7.37. The first-order valence-electron chi connectivity index (χ1n) is 5.72. The van der Waals surface area contributed by atoms with E-state index in [4.69, 9.17) is 0 Å². The van der Waals surface area contributed by atoms with Crippen molar-refractivity contribution in [1.82, 2.24) is 15.4 Å². The van der Waals surface area contributed by atoms with E-state index in [9.17, 15) is 9.90 Å². The van der Waals surface area contributed by atoms with Gasteiger partial charge >= 0.3 is 0 Å². The van der Waals surface area contributed by atoms with Gasteiger partial charge in [-0.25, -0.2) is 0 Å². The Kier molecular flexibility index (Phi) is 2.56. The SMILES string of the molecule is O=C(c1cn[nH]n1)N1CCC(O)c2ccccc21. The van der Waals surface area contributed by atoms with E-state index in [2.05, 4.69) is 15.4 Å². The summed E-state index contributed by atoms with van der Waals surface area (Å²) in [6.07, 6.45) is 1.42. The third kappa shape index (κ3) is 1.67. The van der Waals surface area contributed by atoms with Gasteiger partial charge in [0.15, 0.2) is 5.69 Å². The molecule has 0 fully saturated rings. The van der Waals surface area contributed by atoms with Crippen LogP contribution in [0.3, 0.4) is 0 Å². The van der Waals surface area contributed by atoms with Crippen molar-refractivity contribution in [3.05, 3.63) is 41.7 Å². The number of carbonyl (C=O) groups excluding carboxylic acids is 1. The van der Waals surface area contributed by atoms with E-state index in [-0.39, 0.29) is 11.6 Å². The van der Waals surface area contributed by atoms with Gasteiger partial charge in [0.2, 0.25) is 0 Å². The summed E-state index contributed by atoms with van der Waals surface area (Å²) in [6.45, 7) is 0.476. The van der Waals surface area contributed by atoms with Crippen molar-refractivity contribution in [1.29, 1.82) is 0 Å². The number of hydrogen-bond acceptors (Lipinski definition) is 4. The molecule has 1 aliphatic heterocycles. The van der Waals surface area contributed by atoms with Crippen LogP contribution in [0.1, 0.15) is 28.6 Å². The van der Waals surface area contributed by atoms with Crippen LogP contribution in [-0.4, -0.2) is 33.0 Å². The number of aliphatic hydroxyl groups is 1. The van der Waals surface area contributed by atoms with Gasteiger partial charge in [-0.1, -0.05) is 18.2 Å². The molecule has 0 radical (unpaired) electrons. The van der Waals surface area contributed by atoms with Crippen LogP contribution < -0.4 is 4.90 Å². The summed E-state index contributed by atoms with van der Waals surface area (Å²) in [5, 5.41) is 19.8. The first-order chi connectivity index (χ1) is 8.77. The Bertz CT molecular complexity index is 567. The Balaban J connectivity index is 2.00. The second kappa shape index (κ2) is 4.23. The topological polar surface area (TPSA) is 82.1 Å². The Morgan fingerprint density at radius 2 is 2.28 bits per heavy atom. The van der Waals surface area contributed by atoms with E-state index in [0.717, 1.165) is 11.3 Å². The largest absolute Gasteiger partial charge is 0.388 e. The number of anilines is 1. The van der Waals surface area contributed by atoms with Crippen LogP contribution >= 0.6 is 0 Å². The van der Waals surface area contributed by atoms with Gasteiger partial charge in [-0.2, -0.15) is 15.4 Å². The first kappa shape index (κ1) is 10.9. The van der Waals surface area contributed by atoms with Crippen molar-refractivity contribution in [2.75, 3.05) is 11.4 Å². The lowest BCUT2D eigenvalue weighted by Crippen LogP contribution is -2.36.